The maximum Gasteiger partial charge on any atom is 0.0403 e. The van der Waals surface area contributed by atoms with E-state index in [9.17, 15) is 0 Å². The molecule has 0 aromatic carbocycles. The molecule has 0 unspecified atom stereocenters. The lowest BCUT2D eigenvalue weighted by Crippen LogP contribution is -2.03. The molecule has 0 radical (unpaired) electrons. The molecule has 0 saturated heterocycles. The van der Waals surface area contributed by atoms with E-state index in [-0.39, 0.29) is 0 Å². The van der Waals surface area contributed by atoms with Crippen LogP contribution in [0.15, 0.2) is 28.9 Å². The fourth-order valence-corrected chi connectivity index (χ4v) is 0.714. The lowest BCUT2D eigenvalue weighted by atomic mass is 10.1. The van der Waals surface area contributed by atoms with Gasteiger partial charge in [0, 0.05) is 24.0 Å². The summed E-state index contributed by atoms with van der Waals surface area (Å²) >= 11 is 0. The van der Waals surface area contributed by atoms with Gasteiger partial charge in [-0.1, -0.05) is 12.7 Å². The Kier molecular flexibility index (Phi) is 3.47. The fraction of sp³-hybridized carbons (Fsp3) is 0.375. The third-order valence-electron chi connectivity index (χ3n) is 1.35. The van der Waals surface area contributed by atoms with E-state index in [4.69, 9.17) is 5.73 Å². The smallest absolute Gasteiger partial charge is 0.0403 e. The van der Waals surface area contributed by atoms with Crippen LogP contribution in [-0.4, -0.2) is 12.8 Å². The van der Waals surface area contributed by atoms with Gasteiger partial charge in [-0.3, -0.25) is 4.99 Å². The van der Waals surface area contributed by atoms with Crippen LogP contribution in [0.1, 0.15) is 13.8 Å². The van der Waals surface area contributed by atoms with Crippen molar-refractivity contribution in [3.8, 4) is 0 Å². The third kappa shape index (κ3) is 2.05. The zero-order valence-corrected chi connectivity index (χ0v) is 6.81. The van der Waals surface area contributed by atoms with Gasteiger partial charge in [0.15, 0.2) is 0 Å². The van der Waals surface area contributed by atoms with Gasteiger partial charge in [-0.2, -0.15) is 0 Å². The van der Waals surface area contributed by atoms with Gasteiger partial charge in [0.25, 0.3) is 0 Å². The number of hydrogen-bond acceptors (Lipinski definition) is 2. The average Bonchev–Trinajstić information content (AvgIpc) is 1.88. The summed E-state index contributed by atoms with van der Waals surface area (Å²) in [5.74, 6) is 0. The van der Waals surface area contributed by atoms with Crippen LogP contribution >= 0.6 is 0 Å². The highest BCUT2D eigenvalue weighted by Crippen LogP contribution is 2.02. The summed E-state index contributed by atoms with van der Waals surface area (Å²) < 4.78 is 0. The molecule has 0 aliphatic rings. The Bertz CT molecular complexity index is 183. The van der Waals surface area contributed by atoms with Crippen molar-refractivity contribution < 1.29 is 0 Å². The van der Waals surface area contributed by atoms with E-state index in [1.54, 1.807) is 13.1 Å². The van der Waals surface area contributed by atoms with Crippen molar-refractivity contribution in [2.45, 2.75) is 13.8 Å². The SMILES string of the molecule is C=CC(C(C)=NC)=C(C)N. The molecule has 0 amide bonds. The van der Waals surface area contributed by atoms with Gasteiger partial charge >= 0.3 is 0 Å². The van der Waals surface area contributed by atoms with Gasteiger partial charge in [0.05, 0.1) is 0 Å². The minimum absolute atomic E-state index is 0.762. The minimum atomic E-state index is 0.762. The molecule has 2 nitrogen and oxygen atoms in total. The Morgan fingerprint density at radius 2 is 2.00 bits per heavy atom. The second-order valence-electron chi connectivity index (χ2n) is 2.11. The van der Waals surface area contributed by atoms with Crippen LogP contribution in [0.25, 0.3) is 0 Å². The van der Waals surface area contributed by atoms with E-state index in [1.807, 2.05) is 13.8 Å². The number of rotatable bonds is 2. The van der Waals surface area contributed by atoms with E-state index in [2.05, 4.69) is 11.6 Å². The number of aliphatic imine (C=N–C) groups is 1. The van der Waals surface area contributed by atoms with E-state index >= 15 is 0 Å². The topological polar surface area (TPSA) is 38.4 Å². The van der Waals surface area contributed by atoms with Gasteiger partial charge in [0.1, 0.15) is 0 Å². The standard InChI is InChI=1S/C8H14N2/c1-5-8(6(2)9)7(3)10-4/h5H,1,9H2,2-4H3. The lowest BCUT2D eigenvalue weighted by Gasteiger charge is -2.01. The molecule has 56 valence electrons. The number of hydrogen-bond donors (Lipinski definition) is 1. The summed E-state index contributed by atoms with van der Waals surface area (Å²) in [6, 6.07) is 0. The molecule has 0 saturated carbocycles. The molecule has 0 aliphatic heterocycles. The Hall–Kier alpha value is -1.05. The number of allylic oxidation sites excluding steroid dienone is 3. The highest BCUT2D eigenvalue weighted by atomic mass is 14.7. The van der Waals surface area contributed by atoms with E-state index < -0.39 is 0 Å². The molecule has 0 fully saturated rings. The molecule has 0 rings (SSSR count). The average molecular weight is 138 g/mol. The zero-order valence-electron chi connectivity index (χ0n) is 6.81. The van der Waals surface area contributed by atoms with Crippen LogP contribution in [0.3, 0.4) is 0 Å². The van der Waals surface area contributed by atoms with Crippen molar-refractivity contribution in [1.82, 2.24) is 0 Å². The Morgan fingerprint density at radius 3 is 2.10 bits per heavy atom. The fourth-order valence-electron chi connectivity index (χ4n) is 0.714. The van der Waals surface area contributed by atoms with Crippen molar-refractivity contribution >= 4 is 5.71 Å². The maximum absolute atomic E-state index is 5.55. The van der Waals surface area contributed by atoms with E-state index in [0.717, 1.165) is 17.0 Å². The zero-order chi connectivity index (χ0) is 8.15. The van der Waals surface area contributed by atoms with Crippen LogP contribution in [-0.2, 0) is 0 Å². The molecule has 0 aromatic rings. The summed E-state index contributed by atoms with van der Waals surface area (Å²) in [6.07, 6.45) is 1.72. The lowest BCUT2D eigenvalue weighted by molar-refractivity contribution is 1.28. The minimum Gasteiger partial charge on any atom is -0.402 e. The van der Waals surface area contributed by atoms with Crippen LogP contribution in [0.5, 0.6) is 0 Å². The third-order valence-corrected chi connectivity index (χ3v) is 1.35. The second-order valence-corrected chi connectivity index (χ2v) is 2.11. The first-order valence-corrected chi connectivity index (χ1v) is 3.16. The molecular formula is C8H14N2. The molecule has 2 heteroatoms. The number of nitrogens with two attached hydrogens (primary N) is 1. The highest BCUT2D eigenvalue weighted by Gasteiger charge is 1.96. The van der Waals surface area contributed by atoms with Crippen molar-refractivity contribution in [3.63, 3.8) is 0 Å². The molecule has 2 N–H and O–H groups in total. The van der Waals surface area contributed by atoms with E-state index in [0.29, 0.717) is 0 Å². The molecule has 0 bridgehead atoms. The summed E-state index contributed by atoms with van der Waals surface area (Å²) in [7, 11) is 1.74. The van der Waals surface area contributed by atoms with Crippen LogP contribution < -0.4 is 5.73 Å². The van der Waals surface area contributed by atoms with Crippen molar-refractivity contribution in [2.24, 2.45) is 10.7 Å². The van der Waals surface area contributed by atoms with Crippen molar-refractivity contribution in [1.29, 1.82) is 0 Å². The Morgan fingerprint density at radius 1 is 1.50 bits per heavy atom. The first kappa shape index (κ1) is 8.95. The quantitative estimate of drug-likeness (QED) is 0.455. The second kappa shape index (κ2) is 3.88. The molecular weight excluding hydrogens is 124 g/mol. The number of nitrogens with zero attached hydrogens (tertiary/aromatic N) is 1. The molecule has 0 spiro atoms. The summed E-state index contributed by atoms with van der Waals surface area (Å²) in [5, 5.41) is 0. The van der Waals surface area contributed by atoms with Gasteiger partial charge < -0.3 is 5.73 Å². The van der Waals surface area contributed by atoms with Crippen molar-refractivity contribution in [3.05, 3.63) is 23.9 Å². The van der Waals surface area contributed by atoms with Crippen LogP contribution in [0.2, 0.25) is 0 Å². The summed E-state index contributed by atoms with van der Waals surface area (Å²) in [4.78, 5) is 3.99. The van der Waals surface area contributed by atoms with Crippen molar-refractivity contribution in [2.75, 3.05) is 7.05 Å². The monoisotopic (exact) mass is 138 g/mol. The summed E-state index contributed by atoms with van der Waals surface area (Å²) in [5.41, 5.74) is 8.17. The first-order valence-electron chi connectivity index (χ1n) is 3.16. The maximum atomic E-state index is 5.55. The normalized spacial score (nSPS) is 14.5. The predicted molar refractivity (Wildman–Crippen MR) is 46.1 cm³/mol. The Balaban J connectivity index is 4.71. The first-order chi connectivity index (χ1) is 4.63. The van der Waals surface area contributed by atoms with Crippen LogP contribution in [0.4, 0.5) is 0 Å². The van der Waals surface area contributed by atoms with Gasteiger partial charge in [0.2, 0.25) is 0 Å². The molecule has 0 atom stereocenters. The summed E-state index contributed by atoms with van der Waals surface area (Å²) in [6.45, 7) is 7.38. The molecule has 0 heterocycles. The highest BCUT2D eigenvalue weighted by molar-refractivity contribution is 6.01. The van der Waals surface area contributed by atoms with Gasteiger partial charge in [-0.15, -0.1) is 0 Å². The molecule has 10 heavy (non-hydrogen) atoms. The van der Waals surface area contributed by atoms with Gasteiger partial charge in [-0.25, -0.2) is 0 Å². The molecule has 0 aliphatic carbocycles. The Labute approximate surface area is 62.1 Å². The van der Waals surface area contributed by atoms with Gasteiger partial charge in [-0.05, 0) is 13.8 Å². The largest absolute Gasteiger partial charge is 0.402 e. The molecule has 0 aromatic heterocycles. The van der Waals surface area contributed by atoms with E-state index in [1.165, 1.54) is 0 Å². The van der Waals surface area contributed by atoms with Crippen LogP contribution in [0, 0.1) is 0 Å². The predicted octanol–water partition coefficient (Wildman–Crippen LogP) is 1.50.